The molecule has 1 heterocycles. The van der Waals surface area contributed by atoms with E-state index in [1.165, 1.54) is 5.39 Å². The number of hydrogen-bond donors (Lipinski definition) is 4. The summed E-state index contributed by atoms with van der Waals surface area (Å²) >= 11 is 6.00. The van der Waals surface area contributed by atoms with Crippen molar-refractivity contribution in [2.75, 3.05) is 18.4 Å². The number of hydrogen-bond acceptors (Lipinski definition) is 4. The minimum atomic E-state index is 0. The summed E-state index contributed by atoms with van der Waals surface area (Å²) in [6, 6.07) is 20.3. The molecule has 6 nitrogen and oxygen atoms in total. The van der Waals surface area contributed by atoms with Crippen LogP contribution in [0.3, 0.4) is 0 Å². The van der Waals surface area contributed by atoms with Crippen LogP contribution in [0.25, 0.3) is 33.8 Å². The van der Waals surface area contributed by atoms with Gasteiger partial charge in [0.05, 0.1) is 5.52 Å². The molecule has 190 valence electrons. The Morgan fingerprint density at radius 3 is 2.22 bits per heavy atom. The summed E-state index contributed by atoms with van der Waals surface area (Å²) in [6.45, 7) is 1.58. The molecule has 36 heavy (non-hydrogen) atoms. The Bertz CT molecular complexity index is 1310. The van der Waals surface area contributed by atoms with Crippen molar-refractivity contribution < 1.29 is 0 Å². The largest absolute Gasteiger partial charge is 0.370 e. The fourth-order valence-corrected chi connectivity index (χ4v) is 3.95. The second kappa shape index (κ2) is 14.5. The van der Waals surface area contributed by atoms with Crippen molar-refractivity contribution in [3.05, 3.63) is 77.1 Å². The number of benzene rings is 3. The lowest BCUT2D eigenvalue weighted by Crippen LogP contribution is -2.30. The van der Waals surface area contributed by atoms with Crippen molar-refractivity contribution in [1.82, 2.24) is 15.3 Å². The SMILES string of the molecule is Cl.Cl.N=C(N)NCCCCCCNc1nc(C=Cc2ccc(Cl)cc2)nc2cc3ccccc3cc12. The quantitative estimate of drug-likeness (QED) is 0.0751. The number of guanidine groups is 1. The summed E-state index contributed by atoms with van der Waals surface area (Å²) in [4.78, 5) is 9.64. The molecular weight excluding hydrogens is 515 g/mol. The van der Waals surface area contributed by atoms with E-state index in [-0.39, 0.29) is 30.8 Å². The van der Waals surface area contributed by atoms with Gasteiger partial charge in [-0.15, -0.1) is 24.8 Å². The Morgan fingerprint density at radius 2 is 1.53 bits per heavy atom. The number of nitrogens with zero attached hydrogens (tertiary/aromatic N) is 2. The molecule has 0 atom stereocenters. The smallest absolute Gasteiger partial charge is 0.185 e. The van der Waals surface area contributed by atoms with E-state index in [0.717, 1.165) is 66.4 Å². The zero-order valence-electron chi connectivity index (χ0n) is 19.8. The van der Waals surface area contributed by atoms with Crippen LogP contribution in [0.15, 0.2) is 60.7 Å². The molecule has 5 N–H and O–H groups in total. The molecule has 0 radical (unpaired) electrons. The maximum atomic E-state index is 7.19. The number of aromatic nitrogens is 2. The van der Waals surface area contributed by atoms with Gasteiger partial charge in [-0.3, -0.25) is 5.41 Å². The molecule has 0 saturated heterocycles. The van der Waals surface area contributed by atoms with E-state index in [0.29, 0.717) is 10.8 Å². The lowest BCUT2D eigenvalue weighted by molar-refractivity contribution is 0.642. The Kier molecular flexibility index (Phi) is 11.7. The molecule has 0 bridgehead atoms. The molecule has 0 spiro atoms. The minimum absolute atomic E-state index is 0. The maximum Gasteiger partial charge on any atom is 0.185 e. The van der Waals surface area contributed by atoms with Gasteiger partial charge in [0.1, 0.15) is 5.82 Å². The average Bonchev–Trinajstić information content (AvgIpc) is 2.84. The summed E-state index contributed by atoms with van der Waals surface area (Å²) in [6.07, 6.45) is 8.16. The van der Waals surface area contributed by atoms with Crippen LogP contribution < -0.4 is 16.4 Å². The predicted molar refractivity (Wildman–Crippen MR) is 159 cm³/mol. The summed E-state index contributed by atoms with van der Waals surface area (Å²) in [5.74, 6) is 1.55. The fourth-order valence-electron chi connectivity index (χ4n) is 3.82. The van der Waals surface area contributed by atoms with Crippen LogP contribution in [0.1, 0.15) is 37.1 Å². The molecule has 1 aromatic heterocycles. The molecule has 0 aliphatic rings. The average molecular weight is 546 g/mol. The number of halogens is 3. The van der Waals surface area contributed by atoms with Crippen molar-refractivity contribution in [2.24, 2.45) is 5.73 Å². The number of fused-ring (bicyclic) bond motifs is 2. The van der Waals surface area contributed by atoms with Gasteiger partial charge in [0.15, 0.2) is 11.8 Å². The molecule has 0 unspecified atom stereocenters. The van der Waals surface area contributed by atoms with Crippen LogP contribution in [0.5, 0.6) is 0 Å². The molecule has 4 aromatic rings. The molecule has 3 aromatic carbocycles. The van der Waals surface area contributed by atoms with Gasteiger partial charge in [0.2, 0.25) is 0 Å². The molecule has 0 aliphatic carbocycles. The molecule has 9 heteroatoms. The minimum Gasteiger partial charge on any atom is -0.370 e. The molecule has 0 amide bonds. The lowest BCUT2D eigenvalue weighted by atomic mass is 10.1. The second-order valence-electron chi connectivity index (χ2n) is 8.21. The van der Waals surface area contributed by atoms with Crippen molar-refractivity contribution in [1.29, 1.82) is 5.41 Å². The van der Waals surface area contributed by atoms with E-state index in [1.807, 2.05) is 48.6 Å². The van der Waals surface area contributed by atoms with Crippen LogP contribution in [-0.4, -0.2) is 29.0 Å². The maximum absolute atomic E-state index is 7.19. The Labute approximate surface area is 229 Å². The summed E-state index contributed by atoms with van der Waals surface area (Å²) in [5.41, 5.74) is 7.27. The number of unbranched alkanes of at least 4 members (excludes halogenated alkanes) is 3. The lowest BCUT2D eigenvalue weighted by Gasteiger charge is -2.11. The predicted octanol–water partition coefficient (Wildman–Crippen LogP) is 6.91. The van der Waals surface area contributed by atoms with Crippen LogP contribution >= 0.6 is 36.4 Å². The molecule has 4 rings (SSSR count). The Morgan fingerprint density at radius 1 is 0.861 bits per heavy atom. The van der Waals surface area contributed by atoms with Crippen LogP contribution in [0.2, 0.25) is 5.02 Å². The van der Waals surface area contributed by atoms with Gasteiger partial charge in [-0.05, 0) is 59.5 Å². The van der Waals surface area contributed by atoms with Gasteiger partial charge in [-0.25, -0.2) is 9.97 Å². The van der Waals surface area contributed by atoms with Gasteiger partial charge >= 0.3 is 0 Å². The van der Waals surface area contributed by atoms with E-state index in [1.54, 1.807) is 0 Å². The first kappa shape index (κ1) is 29.2. The highest BCUT2D eigenvalue weighted by molar-refractivity contribution is 6.30. The third kappa shape index (κ3) is 8.26. The first-order valence-electron chi connectivity index (χ1n) is 11.5. The molecular formula is C27H31Cl3N6. The fraction of sp³-hybridized carbons (Fsp3) is 0.222. The van der Waals surface area contributed by atoms with Crippen LogP contribution in [0, 0.1) is 5.41 Å². The molecule has 0 aliphatic heterocycles. The zero-order valence-corrected chi connectivity index (χ0v) is 22.2. The first-order chi connectivity index (χ1) is 16.6. The van der Waals surface area contributed by atoms with Crippen LogP contribution in [0.4, 0.5) is 5.82 Å². The summed E-state index contributed by atoms with van der Waals surface area (Å²) < 4.78 is 0. The standard InChI is InChI=1S/C27H29ClN6.2ClH/c28-22-12-9-19(10-13-22)11-14-25-33-24-18-21-8-4-3-7-20(21)17-23(24)26(34-25)31-15-5-1-2-6-16-32-27(29)30;;/h3-4,7-14,17-18H,1-2,5-6,15-16H2,(H4,29,30,32)(H,31,33,34);2*1H. The van der Waals surface area contributed by atoms with Gasteiger partial charge in [0, 0.05) is 23.5 Å². The topological polar surface area (TPSA) is 99.7 Å². The van der Waals surface area contributed by atoms with Crippen molar-refractivity contribution in [3.63, 3.8) is 0 Å². The van der Waals surface area contributed by atoms with Gasteiger partial charge in [0.25, 0.3) is 0 Å². The number of nitrogens with two attached hydrogens (primary N) is 1. The highest BCUT2D eigenvalue weighted by Gasteiger charge is 2.08. The first-order valence-corrected chi connectivity index (χ1v) is 11.9. The number of anilines is 1. The van der Waals surface area contributed by atoms with Gasteiger partial charge in [-0.1, -0.05) is 66.9 Å². The summed E-state index contributed by atoms with van der Waals surface area (Å²) in [7, 11) is 0. The third-order valence-electron chi connectivity index (χ3n) is 5.59. The zero-order chi connectivity index (χ0) is 23.8. The van der Waals surface area contributed by atoms with E-state index < -0.39 is 0 Å². The van der Waals surface area contributed by atoms with Crippen LogP contribution in [-0.2, 0) is 0 Å². The van der Waals surface area contributed by atoms with E-state index in [4.69, 9.17) is 32.7 Å². The number of nitrogens with one attached hydrogen (secondary N) is 3. The van der Waals surface area contributed by atoms with Gasteiger partial charge < -0.3 is 16.4 Å². The number of rotatable bonds is 10. The monoisotopic (exact) mass is 544 g/mol. The van der Waals surface area contributed by atoms with E-state index >= 15 is 0 Å². The summed E-state index contributed by atoms with van der Waals surface area (Å²) in [5, 5.41) is 17.6. The Hall–Kier alpha value is -3.06. The van der Waals surface area contributed by atoms with Gasteiger partial charge in [-0.2, -0.15) is 0 Å². The molecule has 0 fully saturated rings. The van der Waals surface area contributed by atoms with E-state index in [9.17, 15) is 0 Å². The van der Waals surface area contributed by atoms with Crippen molar-refractivity contribution >= 4 is 82.0 Å². The normalized spacial score (nSPS) is 10.7. The highest BCUT2D eigenvalue weighted by atomic mass is 35.5. The molecule has 0 saturated carbocycles. The third-order valence-corrected chi connectivity index (χ3v) is 5.84. The second-order valence-corrected chi connectivity index (χ2v) is 8.65. The van der Waals surface area contributed by atoms with E-state index in [2.05, 4.69) is 34.9 Å². The Balaban J connectivity index is 0.00000228. The van der Waals surface area contributed by atoms with Crippen molar-refractivity contribution in [2.45, 2.75) is 25.7 Å². The van der Waals surface area contributed by atoms with Crippen molar-refractivity contribution in [3.8, 4) is 0 Å². The highest BCUT2D eigenvalue weighted by Crippen LogP contribution is 2.27.